The number of benzene rings is 3. The molecule has 0 spiro atoms. The summed E-state index contributed by atoms with van der Waals surface area (Å²) in [6.45, 7) is 4.26. The van der Waals surface area contributed by atoms with Gasteiger partial charge in [0.15, 0.2) is 0 Å². The van der Waals surface area contributed by atoms with E-state index in [0.29, 0.717) is 17.9 Å². The van der Waals surface area contributed by atoms with E-state index in [-0.39, 0.29) is 5.91 Å². The van der Waals surface area contributed by atoms with Crippen molar-refractivity contribution in [2.24, 2.45) is 0 Å². The highest BCUT2D eigenvalue weighted by Crippen LogP contribution is 2.42. The van der Waals surface area contributed by atoms with Crippen LogP contribution in [0.4, 0.5) is 5.82 Å². The van der Waals surface area contributed by atoms with Crippen LogP contribution in [0.2, 0.25) is 0 Å². The molecule has 0 saturated heterocycles. The number of nitrogen functional groups attached to an aromatic ring is 1. The van der Waals surface area contributed by atoms with E-state index in [1.54, 1.807) is 6.26 Å². The molecule has 0 fully saturated rings. The molecule has 0 aliphatic heterocycles. The zero-order valence-electron chi connectivity index (χ0n) is 18.2. The largest absolute Gasteiger partial charge is 0.464 e. The zero-order valence-corrected chi connectivity index (χ0v) is 18.2. The van der Waals surface area contributed by atoms with Gasteiger partial charge in [0.1, 0.15) is 22.7 Å². The molecule has 1 amide bonds. The molecule has 4 aromatic heterocycles. The first-order valence-electron chi connectivity index (χ1n) is 10.8. The summed E-state index contributed by atoms with van der Waals surface area (Å²) in [5.74, 6) is 1.15. The summed E-state index contributed by atoms with van der Waals surface area (Å²) in [5, 5.41) is 7.03. The van der Waals surface area contributed by atoms with Gasteiger partial charge < -0.3 is 19.9 Å². The second-order valence-corrected chi connectivity index (χ2v) is 8.37. The molecule has 0 unspecified atom stereocenters. The van der Waals surface area contributed by atoms with E-state index in [4.69, 9.17) is 14.6 Å². The van der Waals surface area contributed by atoms with Crippen LogP contribution < -0.4 is 11.1 Å². The maximum atomic E-state index is 12.9. The Morgan fingerprint density at radius 3 is 2.48 bits per heavy atom. The lowest BCUT2D eigenvalue weighted by Gasteiger charge is -2.11. The number of amides is 1. The maximum absolute atomic E-state index is 12.9. The molecule has 2 bridgehead atoms. The van der Waals surface area contributed by atoms with Gasteiger partial charge in [-0.25, -0.2) is 4.98 Å². The van der Waals surface area contributed by atoms with Crippen LogP contribution >= 0.6 is 0 Å². The highest BCUT2D eigenvalue weighted by molar-refractivity contribution is 6.26. The summed E-state index contributed by atoms with van der Waals surface area (Å²) < 4.78 is 11.7. The summed E-state index contributed by atoms with van der Waals surface area (Å²) in [6, 6.07) is 17.5. The quantitative estimate of drug-likeness (QED) is 0.333. The van der Waals surface area contributed by atoms with Gasteiger partial charge in [-0.2, -0.15) is 0 Å². The van der Waals surface area contributed by atoms with E-state index in [1.165, 1.54) is 0 Å². The van der Waals surface area contributed by atoms with Crippen LogP contribution in [0.5, 0.6) is 0 Å². The number of hydrogen-bond acceptors (Lipinski definition) is 5. The molecular weight excluding hydrogens is 414 g/mol. The summed E-state index contributed by atoms with van der Waals surface area (Å²) in [5.41, 5.74) is 11.8. The lowest BCUT2D eigenvalue weighted by atomic mass is 9.99. The van der Waals surface area contributed by atoms with Gasteiger partial charge in [0.2, 0.25) is 0 Å². The van der Waals surface area contributed by atoms with Gasteiger partial charge in [0, 0.05) is 44.9 Å². The molecule has 6 nitrogen and oxygen atoms in total. The first-order chi connectivity index (χ1) is 16.0. The maximum Gasteiger partial charge on any atom is 0.251 e. The minimum Gasteiger partial charge on any atom is -0.464 e. The van der Waals surface area contributed by atoms with Crippen LogP contribution in [0.3, 0.4) is 0 Å². The molecule has 162 valence electrons. The number of pyridine rings is 1. The number of aryl methyl sites for hydroxylation is 2. The van der Waals surface area contributed by atoms with Crippen LogP contribution in [-0.2, 0) is 6.54 Å². The second kappa shape index (κ2) is 7.10. The van der Waals surface area contributed by atoms with E-state index >= 15 is 0 Å². The Morgan fingerprint density at radius 2 is 1.73 bits per heavy atom. The first kappa shape index (κ1) is 19.4. The van der Waals surface area contributed by atoms with Gasteiger partial charge in [-0.3, -0.25) is 4.79 Å². The van der Waals surface area contributed by atoms with Crippen molar-refractivity contribution < 1.29 is 13.6 Å². The SMILES string of the molecule is Cc1cc(N)nc(C)c1CNC(=O)c1ccc2c(c1)c1oc2c2ccc(-c3ccco3)cc21. The van der Waals surface area contributed by atoms with Crippen LogP contribution in [0.25, 0.3) is 44.0 Å². The lowest BCUT2D eigenvalue weighted by Crippen LogP contribution is -2.24. The molecule has 0 aliphatic carbocycles. The summed E-state index contributed by atoms with van der Waals surface area (Å²) in [7, 11) is 0. The van der Waals surface area contributed by atoms with Crippen molar-refractivity contribution in [2.75, 3.05) is 5.73 Å². The molecule has 0 radical (unpaired) electrons. The average molecular weight is 435 g/mol. The monoisotopic (exact) mass is 435 g/mol. The third-order valence-electron chi connectivity index (χ3n) is 6.29. The number of hydrogen-bond donors (Lipinski definition) is 2. The topological polar surface area (TPSA) is 94.3 Å². The number of anilines is 1. The molecular formula is C27H21N3O3. The fourth-order valence-corrected chi connectivity index (χ4v) is 4.64. The van der Waals surface area contributed by atoms with Crippen molar-refractivity contribution in [2.45, 2.75) is 20.4 Å². The number of furan rings is 3. The molecule has 6 heteroatoms. The predicted octanol–water partition coefficient (Wildman–Crippen LogP) is 5.96. The predicted molar refractivity (Wildman–Crippen MR) is 129 cm³/mol. The molecule has 4 heterocycles. The van der Waals surface area contributed by atoms with Gasteiger partial charge in [0.25, 0.3) is 5.91 Å². The average Bonchev–Trinajstić information content (AvgIpc) is 3.53. The van der Waals surface area contributed by atoms with Crippen molar-refractivity contribution in [3.8, 4) is 11.3 Å². The standard InChI is InChI=1S/C27H21N3O3/c1-14-10-24(28)30-15(2)22(14)13-29-27(31)17-6-8-19-21(12-17)26-20-11-16(23-4-3-9-32-23)5-7-18(20)25(19)33-26/h3-12H,13H2,1-2H3,(H2,28,30)(H,29,31). The van der Waals surface area contributed by atoms with E-state index < -0.39 is 0 Å². The summed E-state index contributed by atoms with van der Waals surface area (Å²) in [6.07, 6.45) is 1.66. The van der Waals surface area contributed by atoms with E-state index in [1.807, 2.05) is 56.3 Å². The van der Waals surface area contributed by atoms with E-state index in [9.17, 15) is 4.79 Å². The van der Waals surface area contributed by atoms with Crippen molar-refractivity contribution in [3.05, 3.63) is 83.2 Å². The van der Waals surface area contributed by atoms with E-state index in [0.717, 1.165) is 60.9 Å². The summed E-state index contributed by atoms with van der Waals surface area (Å²) in [4.78, 5) is 17.2. The zero-order chi connectivity index (χ0) is 22.7. The molecule has 33 heavy (non-hydrogen) atoms. The molecule has 0 aliphatic rings. The number of aromatic nitrogens is 1. The third kappa shape index (κ3) is 3.03. The van der Waals surface area contributed by atoms with Crippen LogP contribution in [0, 0.1) is 13.8 Å². The number of nitrogens with zero attached hydrogens (tertiary/aromatic N) is 1. The van der Waals surface area contributed by atoms with Crippen molar-refractivity contribution in [3.63, 3.8) is 0 Å². The Bertz CT molecular complexity index is 1640. The lowest BCUT2D eigenvalue weighted by molar-refractivity contribution is 0.0951. The van der Waals surface area contributed by atoms with Crippen molar-refractivity contribution in [1.29, 1.82) is 0 Å². The van der Waals surface area contributed by atoms with Crippen molar-refractivity contribution >= 4 is 44.4 Å². The first-order valence-corrected chi connectivity index (χ1v) is 10.8. The number of rotatable bonds is 4. The Kier molecular flexibility index (Phi) is 4.17. The molecule has 3 N–H and O–H groups in total. The number of fused-ring (bicyclic) bond motifs is 8. The minimum absolute atomic E-state index is 0.147. The fraction of sp³-hybridized carbons (Fsp3) is 0.111. The second-order valence-electron chi connectivity index (χ2n) is 8.37. The highest BCUT2D eigenvalue weighted by Gasteiger charge is 2.20. The molecule has 6 rings (SSSR count). The molecule has 2 aromatic carbocycles. The number of carbonyl (C=O) groups is 1. The normalized spacial score (nSPS) is 11.7. The highest BCUT2D eigenvalue weighted by atomic mass is 16.3. The van der Waals surface area contributed by atoms with Crippen LogP contribution in [-0.4, -0.2) is 10.9 Å². The van der Waals surface area contributed by atoms with Crippen molar-refractivity contribution in [1.82, 2.24) is 10.3 Å². The Morgan fingerprint density at radius 1 is 0.970 bits per heavy atom. The molecule has 0 saturated carbocycles. The number of nitrogens with one attached hydrogen (secondary N) is 1. The van der Waals surface area contributed by atoms with Crippen LogP contribution in [0.1, 0.15) is 27.2 Å². The van der Waals surface area contributed by atoms with Crippen LogP contribution in [0.15, 0.2) is 69.7 Å². The fourth-order valence-electron chi connectivity index (χ4n) is 4.64. The Labute approximate surface area is 189 Å². The molecule has 6 aromatic rings. The third-order valence-corrected chi connectivity index (χ3v) is 6.29. The van der Waals surface area contributed by atoms with Gasteiger partial charge in [-0.15, -0.1) is 0 Å². The Balaban J connectivity index is 1.35. The van der Waals surface area contributed by atoms with Gasteiger partial charge in [0.05, 0.1) is 6.26 Å². The minimum atomic E-state index is -0.147. The van der Waals surface area contributed by atoms with E-state index in [2.05, 4.69) is 22.4 Å². The van der Waals surface area contributed by atoms with Gasteiger partial charge >= 0.3 is 0 Å². The number of nitrogens with two attached hydrogens (primary N) is 1. The molecule has 0 atom stereocenters. The smallest absolute Gasteiger partial charge is 0.251 e. The van der Waals surface area contributed by atoms with Gasteiger partial charge in [-0.1, -0.05) is 6.07 Å². The number of carbonyl (C=O) groups excluding carboxylic acids is 1. The summed E-state index contributed by atoms with van der Waals surface area (Å²) >= 11 is 0. The Hall–Kier alpha value is -4.32. The van der Waals surface area contributed by atoms with Gasteiger partial charge in [-0.05, 0) is 73.5 Å².